The zero-order chi connectivity index (χ0) is 19.6. The molecule has 0 aliphatic carbocycles. The minimum atomic E-state index is -0.277. The van der Waals surface area contributed by atoms with Gasteiger partial charge in [0.05, 0.1) is 25.7 Å². The summed E-state index contributed by atoms with van der Waals surface area (Å²) in [5.74, 6) is 0.925. The van der Waals surface area contributed by atoms with Crippen LogP contribution in [-0.2, 0) is 11.3 Å². The van der Waals surface area contributed by atoms with E-state index < -0.39 is 0 Å². The number of thioether (sulfide) groups is 1. The van der Waals surface area contributed by atoms with E-state index >= 15 is 0 Å². The second kappa shape index (κ2) is 7.88. The van der Waals surface area contributed by atoms with Gasteiger partial charge in [0.25, 0.3) is 11.1 Å². The average molecular weight is 383 g/mol. The molecule has 1 aliphatic rings. The lowest BCUT2D eigenvalue weighted by atomic mass is 10.1. The number of carbonyl (C=O) groups excluding carboxylic acids is 2. The standard InChI is InChI=1S/C21H21NO4S/c1-13-6-5-7-15(8-13)12-22-20(23)19(27-21(22)24)11-16-10-18(26-4)17(25-3)9-14(16)2/h5-11H,12H2,1-4H3/b19-11-. The van der Waals surface area contributed by atoms with E-state index in [2.05, 4.69) is 0 Å². The molecule has 0 saturated carbocycles. The zero-order valence-electron chi connectivity index (χ0n) is 15.7. The van der Waals surface area contributed by atoms with E-state index in [9.17, 15) is 9.59 Å². The molecule has 3 rings (SSSR count). The van der Waals surface area contributed by atoms with Gasteiger partial charge in [0.15, 0.2) is 11.5 Å². The summed E-state index contributed by atoms with van der Waals surface area (Å²) in [4.78, 5) is 26.8. The van der Waals surface area contributed by atoms with Crippen molar-refractivity contribution in [3.63, 3.8) is 0 Å². The molecule has 0 bridgehead atoms. The summed E-state index contributed by atoms with van der Waals surface area (Å²) in [6, 6.07) is 11.5. The van der Waals surface area contributed by atoms with Gasteiger partial charge >= 0.3 is 0 Å². The molecule has 0 N–H and O–H groups in total. The first kappa shape index (κ1) is 19.0. The summed E-state index contributed by atoms with van der Waals surface area (Å²) in [7, 11) is 3.14. The van der Waals surface area contributed by atoms with Gasteiger partial charge in [0.2, 0.25) is 0 Å². The fourth-order valence-electron chi connectivity index (χ4n) is 2.92. The topological polar surface area (TPSA) is 55.8 Å². The van der Waals surface area contributed by atoms with E-state index in [0.717, 1.165) is 34.0 Å². The molecule has 0 spiro atoms. The zero-order valence-corrected chi connectivity index (χ0v) is 16.6. The maximum atomic E-state index is 12.8. The molecule has 2 aromatic carbocycles. The van der Waals surface area contributed by atoms with Crippen LogP contribution in [0.2, 0.25) is 0 Å². The van der Waals surface area contributed by atoms with Gasteiger partial charge in [0.1, 0.15) is 0 Å². The van der Waals surface area contributed by atoms with Gasteiger partial charge in [-0.1, -0.05) is 29.8 Å². The minimum absolute atomic E-state index is 0.258. The van der Waals surface area contributed by atoms with Crippen LogP contribution in [-0.4, -0.2) is 30.3 Å². The molecule has 6 heteroatoms. The lowest BCUT2D eigenvalue weighted by molar-refractivity contribution is -0.123. The molecule has 140 valence electrons. The summed E-state index contributed by atoms with van der Waals surface area (Å²) in [6.07, 6.45) is 1.73. The molecule has 27 heavy (non-hydrogen) atoms. The molecule has 1 fully saturated rings. The van der Waals surface area contributed by atoms with E-state index in [0.29, 0.717) is 16.4 Å². The molecule has 2 amide bonds. The SMILES string of the molecule is COc1cc(C)c(/C=C2\SC(=O)N(Cc3cccc(C)c3)C2=O)cc1OC. The third-order valence-electron chi connectivity index (χ3n) is 4.36. The van der Waals surface area contributed by atoms with E-state index in [-0.39, 0.29) is 17.7 Å². The Labute approximate surface area is 163 Å². The molecule has 2 aromatic rings. The fourth-order valence-corrected chi connectivity index (χ4v) is 3.75. The molecule has 1 aliphatic heterocycles. The van der Waals surface area contributed by atoms with Crippen molar-refractivity contribution in [3.8, 4) is 11.5 Å². The second-order valence-electron chi connectivity index (χ2n) is 6.32. The molecule has 0 aromatic heterocycles. The van der Waals surface area contributed by atoms with Crippen LogP contribution >= 0.6 is 11.8 Å². The molecule has 5 nitrogen and oxygen atoms in total. The third kappa shape index (κ3) is 4.01. The Morgan fingerprint density at radius 2 is 1.74 bits per heavy atom. The van der Waals surface area contributed by atoms with Gasteiger partial charge in [-0.15, -0.1) is 0 Å². The van der Waals surface area contributed by atoms with Crippen LogP contribution in [0, 0.1) is 13.8 Å². The maximum Gasteiger partial charge on any atom is 0.293 e. The summed E-state index contributed by atoms with van der Waals surface area (Å²) in [5, 5.41) is -0.258. The van der Waals surface area contributed by atoms with Gasteiger partial charge in [-0.3, -0.25) is 14.5 Å². The molecular weight excluding hydrogens is 362 g/mol. The Balaban J connectivity index is 1.88. The highest BCUT2D eigenvalue weighted by Crippen LogP contribution is 2.36. The first-order valence-corrected chi connectivity index (χ1v) is 9.28. The van der Waals surface area contributed by atoms with Crippen LogP contribution in [0.15, 0.2) is 41.3 Å². The van der Waals surface area contributed by atoms with E-state index in [1.807, 2.05) is 50.2 Å². The van der Waals surface area contributed by atoms with Crippen LogP contribution in [0.25, 0.3) is 6.08 Å². The van der Waals surface area contributed by atoms with Crippen molar-refractivity contribution in [1.29, 1.82) is 0 Å². The lowest BCUT2D eigenvalue weighted by Crippen LogP contribution is -2.27. The van der Waals surface area contributed by atoms with Crippen molar-refractivity contribution in [3.05, 3.63) is 63.6 Å². The molecule has 0 radical (unpaired) electrons. The van der Waals surface area contributed by atoms with E-state index in [4.69, 9.17) is 9.47 Å². The van der Waals surface area contributed by atoms with Crippen LogP contribution < -0.4 is 9.47 Å². The summed E-state index contributed by atoms with van der Waals surface area (Å²) in [6.45, 7) is 4.18. The molecule has 1 saturated heterocycles. The number of hydrogen-bond donors (Lipinski definition) is 0. The Morgan fingerprint density at radius 3 is 2.41 bits per heavy atom. The molecule has 0 unspecified atom stereocenters. The monoisotopic (exact) mass is 383 g/mol. The largest absolute Gasteiger partial charge is 0.493 e. The van der Waals surface area contributed by atoms with Gasteiger partial charge in [-0.2, -0.15) is 0 Å². The van der Waals surface area contributed by atoms with E-state index in [1.165, 1.54) is 4.90 Å². The maximum absolute atomic E-state index is 12.8. The first-order valence-electron chi connectivity index (χ1n) is 8.46. The Bertz CT molecular complexity index is 936. The Hall–Kier alpha value is -2.73. The third-order valence-corrected chi connectivity index (χ3v) is 5.26. The normalized spacial score (nSPS) is 15.6. The number of benzene rings is 2. The Kier molecular flexibility index (Phi) is 5.56. The summed E-state index contributed by atoms with van der Waals surface area (Å²) in [5.41, 5.74) is 3.77. The van der Waals surface area contributed by atoms with Crippen LogP contribution in [0.4, 0.5) is 4.79 Å². The predicted octanol–water partition coefficient (Wildman–Crippen LogP) is 4.56. The molecular formula is C21H21NO4S. The van der Waals surface area contributed by atoms with Crippen molar-refractivity contribution >= 4 is 29.0 Å². The summed E-state index contributed by atoms with van der Waals surface area (Å²) < 4.78 is 10.6. The van der Waals surface area contributed by atoms with Crippen molar-refractivity contribution in [2.75, 3.05) is 14.2 Å². The van der Waals surface area contributed by atoms with Gasteiger partial charge in [-0.05, 0) is 60.5 Å². The number of hydrogen-bond acceptors (Lipinski definition) is 5. The summed E-state index contributed by atoms with van der Waals surface area (Å²) >= 11 is 0.959. The van der Waals surface area contributed by atoms with Gasteiger partial charge in [0, 0.05) is 0 Å². The lowest BCUT2D eigenvalue weighted by Gasteiger charge is -2.13. The number of aryl methyl sites for hydroxylation is 2. The molecule has 1 heterocycles. The number of nitrogens with zero attached hydrogens (tertiary/aromatic N) is 1. The van der Waals surface area contributed by atoms with E-state index in [1.54, 1.807) is 20.3 Å². The average Bonchev–Trinajstić information content (AvgIpc) is 2.90. The second-order valence-corrected chi connectivity index (χ2v) is 7.31. The number of rotatable bonds is 5. The smallest absolute Gasteiger partial charge is 0.293 e. The number of ether oxygens (including phenoxy) is 2. The number of imide groups is 1. The number of amides is 2. The molecule has 0 atom stereocenters. The van der Waals surface area contributed by atoms with Crippen molar-refractivity contribution < 1.29 is 19.1 Å². The highest BCUT2D eigenvalue weighted by Gasteiger charge is 2.35. The van der Waals surface area contributed by atoms with Crippen LogP contribution in [0.3, 0.4) is 0 Å². The first-order chi connectivity index (χ1) is 12.9. The van der Waals surface area contributed by atoms with Crippen LogP contribution in [0.5, 0.6) is 11.5 Å². The van der Waals surface area contributed by atoms with Crippen LogP contribution in [0.1, 0.15) is 22.3 Å². The van der Waals surface area contributed by atoms with Crippen molar-refractivity contribution in [2.24, 2.45) is 0 Å². The number of methoxy groups -OCH3 is 2. The highest BCUT2D eigenvalue weighted by molar-refractivity contribution is 8.18. The quantitative estimate of drug-likeness (QED) is 0.709. The minimum Gasteiger partial charge on any atom is -0.493 e. The number of carbonyl (C=O) groups is 2. The van der Waals surface area contributed by atoms with Crippen molar-refractivity contribution in [2.45, 2.75) is 20.4 Å². The van der Waals surface area contributed by atoms with Gasteiger partial charge < -0.3 is 9.47 Å². The predicted molar refractivity (Wildman–Crippen MR) is 107 cm³/mol. The fraction of sp³-hybridized carbons (Fsp3) is 0.238. The van der Waals surface area contributed by atoms with Crippen molar-refractivity contribution in [1.82, 2.24) is 4.90 Å². The Morgan fingerprint density at radius 1 is 1.04 bits per heavy atom. The van der Waals surface area contributed by atoms with Gasteiger partial charge in [-0.25, -0.2) is 0 Å². The highest BCUT2D eigenvalue weighted by atomic mass is 32.2.